The first kappa shape index (κ1) is 10.4. The Morgan fingerprint density at radius 2 is 1.24 bits per heavy atom. The lowest BCUT2D eigenvalue weighted by Crippen LogP contribution is -2.20. The third-order valence-electron chi connectivity index (χ3n) is 3.47. The van der Waals surface area contributed by atoms with E-state index in [-0.39, 0.29) is 0 Å². The molecule has 1 aliphatic rings. The number of anilines is 2. The molecule has 0 saturated heterocycles. The minimum Gasteiger partial charge on any atom is -0.338 e. The number of benzene rings is 2. The molecule has 86 valence electrons. The second-order valence-electron chi connectivity index (χ2n) is 4.82. The van der Waals surface area contributed by atoms with Crippen LogP contribution in [0.2, 0.25) is 0 Å². The summed E-state index contributed by atoms with van der Waals surface area (Å²) in [5, 5.41) is 0. The molecule has 1 heteroatoms. The van der Waals surface area contributed by atoms with Crippen LogP contribution in [0.3, 0.4) is 0 Å². The second kappa shape index (κ2) is 4.25. The Morgan fingerprint density at radius 3 is 1.59 bits per heavy atom. The van der Waals surface area contributed by atoms with Crippen molar-refractivity contribution in [2.75, 3.05) is 4.90 Å². The molecule has 3 rings (SSSR count). The first-order chi connectivity index (χ1) is 8.36. The fourth-order valence-corrected chi connectivity index (χ4v) is 2.37. The van der Waals surface area contributed by atoms with Crippen molar-refractivity contribution in [2.24, 2.45) is 5.92 Å². The smallest absolute Gasteiger partial charge is 0.0413 e. The molecular weight excluding hydrogens is 206 g/mol. The molecule has 0 amide bonds. The van der Waals surface area contributed by atoms with Gasteiger partial charge in [0.1, 0.15) is 0 Å². The molecule has 0 heterocycles. The molecule has 0 aliphatic heterocycles. The van der Waals surface area contributed by atoms with Gasteiger partial charge in [0.25, 0.3) is 0 Å². The number of para-hydroxylation sites is 2. The van der Waals surface area contributed by atoms with Gasteiger partial charge in [-0.1, -0.05) is 43.3 Å². The van der Waals surface area contributed by atoms with Crippen molar-refractivity contribution in [3.05, 3.63) is 60.7 Å². The lowest BCUT2D eigenvalue weighted by molar-refractivity contribution is 0.858. The molecule has 0 N–H and O–H groups in total. The highest BCUT2D eigenvalue weighted by Gasteiger charge is 2.38. The predicted octanol–water partition coefficient (Wildman–Crippen LogP) is 4.23. The Hall–Kier alpha value is -1.76. The maximum Gasteiger partial charge on any atom is 0.0413 e. The van der Waals surface area contributed by atoms with E-state index in [1.165, 1.54) is 17.8 Å². The molecule has 1 nitrogen and oxygen atoms in total. The minimum absolute atomic E-state index is 0.666. The van der Waals surface area contributed by atoms with Crippen molar-refractivity contribution < 1.29 is 0 Å². The van der Waals surface area contributed by atoms with Gasteiger partial charge in [0.2, 0.25) is 0 Å². The number of hydrogen-bond acceptors (Lipinski definition) is 1. The minimum atomic E-state index is 0.666. The van der Waals surface area contributed by atoms with E-state index in [1.54, 1.807) is 0 Å². The third kappa shape index (κ3) is 2.05. The van der Waals surface area contributed by atoms with Crippen molar-refractivity contribution in [3.63, 3.8) is 0 Å². The fourth-order valence-electron chi connectivity index (χ4n) is 2.37. The lowest BCUT2D eigenvalue weighted by Gasteiger charge is -2.25. The van der Waals surface area contributed by atoms with E-state index in [9.17, 15) is 0 Å². The predicted molar refractivity (Wildman–Crippen MR) is 72.6 cm³/mol. The molecule has 0 aromatic heterocycles. The van der Waals surface area contributed by atoms with Crippen molar-refractivity contribution in [1.29, 1.82) is 0 Å². The first-order valence-corrected chi connectivity index (χ1v) is 6.25. The summed E-state index contributed by atoms with van der Waals surface area (Å²) in [4.78, 5) is 2.46. The van der Waals surface area contributed by atoms with Gasteiger partial charge in [0, 0.05) is 17.4 Å². The highest BCUT2D eigenvalue weighted by Crippen LogP contribution is 2.42. The molecule has 2 atom stereocenters. The van der Waals surface area contributed by atoms with Crippen LogP contribution < -0.4 is 4.90 Å². The van der Waals surface area contributed by atoms with Crippen LogP contribution in [-0.4, -0.2) is 6.04 Å². The molecule has 2 aromatic rings. The van der Waals surface area contributed by atoms with Crippen molar-refractivity contribution in [3.8, 4) is 0 Å². The average Bonchev–Trinajstić information content (AvgIpc) is 3.09. The highest BCUT2D eigenvalue weighted by molar-refractivity contribution is 5.65. The molecule has 2 aromatic carbocycles. The van der Waals surface area contributed by atoms with E-state index in [2.05, 4.69) is 72.5 Å². The van der Waals surface area contributed by atoms with Crippen molar-refractivity contribution >= 4 is 11.4 Å². The van der Waals surface area contributed by atoms with Crippen LogP contribution in [0, 0.1) is 5.92 Å². The van der Waals surface area contributed by atoms with Crippen LogP contribution in [-0.2, 0) is 0 Å². The summed E-state index contributed by atoms with van der Waals surface area (Å²) < 4.78 is 0. The van der Waals surface area contributed by atoms with E-state index in [1.807, 2.05) is 0 Å². The summed E-state index contributed by atoms with van der Waals surface area (Å²) in [7, 11) is 0. The van der Waals surface area contributed by atoms with Gasteiger partial charge in [0.05, 0.1) is 0 Å². The first-order valence-electron chi connectivity index (χ1n) is 6.25. The van der Waals surface area contributed by atoms with Crippen molar-refractivity contribution in [1.82, 2.24) is 0 Å². The highest BCUT2D eigenvalue weighted by atomic mass is 15.2. The van der Waals surface area contributed by atoms with Crippen LogP contribution in [0.15, 0.2) is 60.7 Å². The maximum absolute atomic E-state index is 2.46. The Morgan fingerprint density at radius 1 is 0.824 bits per heavy atom. The quantitative estimate of drug-likeness (QED) is 0.752. The molecule has 0 spiro atoms. The van der Waals surface area contributed by atoms with Gasteiger partial charge < -0.3 is 4.90 Å². The average molecular weight is 223 g/mol. The molecular formula is C16H17N. The van der Waals surface area contributed by atoms with Gasteiger partial charge in [-0.2, -0.15) is 0 Å². The van der Waals surface area contributed by atoms with Crippen LogP contribution in [0.5, 0.6) is 0 Å². The van der Waals surface area contributed by atoms with Gasteiger partial charge >= 0.3 is 0 Å². The van der Waals surface area contributed by atoms with Gasteiger partial charge in [-0.05, 0) is 36.6 Å². The monoisotopic (exact) mass is 223 g/mol. The Balaban J connectivity index is 1.99. The summed E-state index contributed by atoms with van der Waals surface area (Å²) >= 11 is 0. The lowest BCUT2D eigenvalue weighted by atomic mass is 10.2. The summed E-state index contributed by atoms with van der Waals surface area (Å²) in [6.45, 7) is 2.32. The zero-order valence-electron chi connectivity index (χ0n) is 10.1. The van der Waals surface area contributed by atoms with E-state index >= 15 is 0 Å². The van der Waals surface area contributed by atoms with Gasteiger partial charge in [-0.3, -0.25) is 0 Å². The Kier molecular flexibility index (Phi) is 2.60. The van der Waals surface area contributed by atoms with Gasteiger partial charge in [0.15, 0.2) is 0 Å². The molecule has 1 saturated carbocycles. The summed E-state index contributed by atoms with van der Waals surface area (Å²) in [6, 6.07) is 22.0. The summed E-state index contributed by atoms with van der Waals surface area (Å²) in [6.07, 6.45) is 1.30. The Bertz CT molecular complexity index is 438. The van der Waals surface area contributed by atoms with Crippen LogP contribution >= 0.6 is 0 Å². The number of hydrogen-bond donors (Lipinski definition) is 0. The van der Waals surface area contributed by atoms with E-state index in [0.29, 0.717) is 6.04 Å². The second-order valence-corrected chi connectivity index (χ2v) is 4.82. The Labute approximate surface area is 103 Å². The molecule has 1 fully saturated rings. The van der Waals surface area contributed by atoms with Crippen molar-refractivity contribution in [2.45, 2.75) is 19.4 Å². The zero-order chi connectivity index (χ0) is 11.7. The van der Waals surface area contributed by atoms with Crippen LogP contribution in [0.4, 0.5) is 11.4 Å². The third-order valence-corrected chi connectivity index (χ3v) is 3.47. The van der Waals surface area contributed by atoms with Crippen LogP contribution in [0.25, 0.3) is 0 Å². The molecule has 2 unspecified atom stereocenters. The van der Waals surface area contributed by atoms with E-state index in [4.69, 9.17) is 0 Å². The molecule has 17 heavy (non-hydrogen) atoms. The fraction of sp³-hybridized carbons (Fsp3) is 0.250. The maximum atomic E-state index is 2.46. The SMILES string of the molecule is CC1CC1N(c1ccccc1)c1ccccc1. The van der Waals surface area contributed by atoms with E-state index < -0.39 is 0 Å². The summed E-state index contributed by atoms with van der Waals surface area (Å²) in [5.41, 5.74) is 2.60. The molecule has 0 bridgehead atoms. The topological polar surface area (TPSA) is 3.24 Å². The zero-order valence-corrected chi connectivity index (χ0v) is 10.1. The van der Waals surface area contributed by atoms with E-state index in [0.717, 1.165) is 5.92 Å². The van der Waals surface area contributed by atoms with Gasteiger partial charge in [-0.15, -0.1) is 0 Å². The standard InChI is InChI=1S/C16H17N/c1-13-12-16(13)17(14-8-4-2-5-9-14)15-10-6-3-7-11-15/h2-11,13,16H,12H2,1H3. The summed E-state index contributed by atoms with van der Waals surface area (Å²) in [5.74, 6) is 0.801. The normalized spacial score (nSPS) is 22.2. The number of rotatable bonds is 3. The molecule has 0 radical (unpaired) electrons. The van der Waals surface area contributed by atoms with Crippen LogP contribution in [0.1, 0.15) is 13.3 Å². The largest absolute Gasteiger partial charge is 0.338 e. The number of nitrogens with zero attached hydrogens (tertiary/aromatic N) is 1. The van der Waals surface area contributed by atoms with Gasteiger partial charge in [-0.25, -0.2) is 0 Å². The molecule has 1 aliphatic carbocycles.